The Hall–Kier alpha value is -1.40. The second-order valence-electron chi connectivity index (χ2n) is 6.46. The van der Waals surface area contributed by atoms with Crippen LogP contribution in [0.1, 0.15) is 42.5 Å². The smallest absolute Gasteiger partial charge is 0.254 e. The van der Waals surface area contributed by atoms with E-state index in [0.29, 0.717) is 11.7 Å². The van der Waals surface area contributed by atoms with Crippen LogP contribution in [0, 0.1) is 0 Å². The molecule has 0 saturated carbocycles. The first kappa shape index (κ1) is 15.5. The van der Waals surface area contributed by atoms with Crippen molar-refractivity contribution in [1.29, 1.82) is 0 Å². The number of nitrogens with zero attached hydrogens (tertiary/aromatic N) is 3. The highest BCUT2D eigenvalue weighted by Gasteiger charge is 2.25. The van der Waals surface area contributed by atoms with Gasteiger partial charge in [0.05, 0.1) is 17.9 Å². The van der Waals surface area contributed by atoms with Crippen molar-refractivity contribution in [3.8, 4) is 0 Å². The van der Waals surface area contributed by atoms with Crippen molar-refractivity contribution >= 4 is 5.91 Å². The van der Waals surface area contributed by atoms with Crippen molar-refractivity contribution in [3.05, 3.63) is 18.0 Å². The van der Waals surface area contributed by atoms with Crippen LogP contribution in [-0.4, -0.2) is 59.0 Å². The molecule has 3 rings (SSSR count). The molecule has 2 unspecified atom stereocenters. The molecule has 2 aliphatic rings. The van der Waals surface area contributed by atoms with Crippen molar-refractivity contribution in [3.63, 3.8) is 0 Å². The van der Waals surface area contributed by atoms with Gasteiger partial charge in [0.2, 0.25) is 0 Å². The van der Waals surface area contributed by atoms with Gasteiger partial charge in [-0.15, -0.1) is 0 Å². The molecule has 6 nitrogen and oxygen atoms in total. The molecule has 1 aromatic heterocycles. The largest absolute Gasteiger partial charge is 0.377 e. The minimum Gasteiger partial charge on any atom is -0.377 e. The number of rotatable bonds is 4. The van der Waals surface area contributed by atoms with Crippen LogP contribution in [0.4, 0.5) is 0 Å². The van der Waals surface area contributed by atoms with E-state index in [0.717, 1.165) is 39.1 Å². The van der Waals surface area contributed by atoms with E-state index in [1.165, 1.54) is 19.3 Å². The fourth-order valence-corrected chi connectivity index (χ4v) is 3.39. The molecule has 1 N–H and O–H groups in total. The van der Waals surface area contributed by atoms with E-state index in [1.807, 2.05) is 7.05 Å². The Bertz CT molecular complexity index is 496. The van der Waals surface area contributed by atoms with Crippen LogP contribution in [0.25, 0.3) is 0 Å². The van der Waals surface area contributed by atoms with Gasteiger partial charge < -0.3 is 10.1 Å². The monoisotopic (exact) mass is 306 g/mol. The average molecular weight is 306 g/mol. The molecule has 0 spiro atoms. The average Bonchev–Trinajstić information content (AvgIpc) is 2.95. The van der Waals surface area contributed by atoms with Gasteiger partial charge in [-0.3, -0.25) is 14.4 Å². The molecule has 0 aromatic carbocycles. The van der Waals surface area contributed by atoms with E-state index in [-0.39, 0.29) is 11.9 Å². The second kappa shape index (κ2) is 7.24. The van der Waals surface area contributed by atoms with E-state index in [2.05, 4.69) is 15.3 Å². The summed E-state index contributed by atoms with van der Waals surface area (Å²) in [4.78, 5) is 14.7. The summed E-state index contributed by atoms with van der Waals surface area (Å²) in [5.74, 6) is -0.0196. The van der Waals surface area contributed by atoms with E-state index in [1.54, 1.807) is 17.1 Å². The Kier molecular flexibility index (Phi) is 5.10. The summed E-state index contributed by atoms with van der Waals surface area (Å²) in [6, 6.07) is 0.227. The predicted molar refractivity (Wildman–Crippen MR) is 83.7 cm³/mol. The third-order valence-corrected chi connectivity index (χ3v) is 4.54. The summed E-state index contributed by atoms with van der Waals surface area (Å²) in [6.07, 6.45) is 9.57. The predicted octanol–water partition coefficient (Wildman–Crippen LogP) is 1.18. The van der Waals surface area contributed by atoms with Crippen LogP contribution in [0.5, 0.6) is 0 Å². The first-order chi connectivity index (χ1) is 10.7. The maximum Gasteiger partial charge on any atom is 0.254 e. The Balaban J connectivity index is 1.48. The zero-order chi connectivity index (χ0) is 15.4. The lowest BCUT2D eigenvalue weighted by Crippen LogP contribution is -2.49. The molecule has 2 aliphatic heterocycles. The van der Waals surface area contributed by atoms with Crippen LogP contribution in [0.2, 0.25) is 0 Å². The number of aryl methyl sites for hydroxylation is 1. The third kappa shape index (κ3) is 4.08. The quantitative estimate of drug-likeness (QED) is 0.907. The maximum absolute atomic E-state index is 12.2. The molecule has 6 heteroatoms. The highest BCUT2D eigenvalue weighted by atomic mass is 16.5. The van der Waals surface area contributed by atoms with E-state index in [9.17, 15) is 4.79 Å². The number of piperidine rings is 1. The van der Waals surface area contributed by atoms with Crippen LogP contribution in [0.15, 0.2) is 12.4 Å². The normalized spacial score (nSPS) is 26.8. The van der Waals surface area contributed by atoms with Gasteiger partial charge in [-0.25, -0.2) is 0 Å². The number of likely N-dealkylation sites (tertiary alicyclic amines) is 1. The second-order valence-corrected chi connectivity index (χ2v) is 6.46. The van der Waals surface area contributed by atoms with E-state index < -0.39 is 0 Å². The molecule has 3 heterocycles. The van der Waals surface area contributed by atoms with Crippen LogP contribution < -0.4 is 5.32 Å². The highest BCUT2D eigenvalue weighted by Crippen LogP contribution is 2.17. The van der Waals surface area contributed by atoms with Gasteiger partial charge >= 0.3 is 0 Å². The summed E-state index contributed by atoms with van der Waals surface area (Å²) in [6.45, 7) is 3.93. The van der Waals surface area contributed by atoms with Crippen molar-refractivity contribution in [2.75, 3.05) is 26.2 Å². The third-order valence-electron chi connectivity index (χ3n) is 4.54. The first-order valence-electron chi connectivity index (χ1n) is 8.34. The summed E-state index contributed by atoms with van der Waals surface area (Å²) < 4.78 is 7.48. The van der Waals surface area contributed by atoms with Crippen molar-refractivity contribution in [1.82, 2.24) is 20.0 Å². The fraction of sp³-hybridized carbons (Fsp3) is 0.750. The lowest BCUT2D eigenvalue weighted by atomic mass is 10.0. The number of nitrogens with one attached hydrogen (secondary N) is 1. The molecular weight excluding hydrogens is 280 g/mol. The molecule has 2 saturated heterocycles. The van der Waals surface area contributed by atoms with Gasteiger partial charge in [0.1, 0.15) is 0 Å². The highest BCUT2D eigenvalue weighted by molar-refractivity contribution is 5.93. The fourth-order valence-electron chi connectivity index (χ4n) is 3.39. The van der Waals surface area contributed by atoms with Crippen LogP contribution in [-0.2, 0) is 11.8 Å². The number of hydrogen-bond donors (Lipinski definition) is 1. The molecule has 1 aromatic rings. The number of ether oxygens (including phenoxy) is 1. The Morgan fingerprint density at radius 3 is 3.05 bits per heavy atom. The lowest BCUT2D eigenvalue weighted by molar-refractivity contribution is -0.0106. The number of aromatic nitrogens is 2. The summed E-state index contributed by atoms with van der Waals surface area (Å²) >= 11 is 0. The number of carbonyl (C=O) groups is 1. The minimum absolute atomic E-state index is 0.0196. The van der Waals surface area contributed by atoms with Gasteiger partial charge in [0, 0.05) is 39.0 Å². The molecule has 2 fully saturated rings. The van der Waals surface area contributed by atoms with Crippen LogP contribution in [0.3, 0.4) is 0 Å². The zero-order valence-electron chi connectivity index (χ0n) is 13.3. The SMILES string of the molecule is Cn1cc(C(=O)NC2CCCN(CC3CCCCO3)C2)cn1. The topological polar surface area (TPSA) is 59.4 Å². The van der Waals surface area contributed by atoms with Gasteiger partial charge in [-0.2, -0.15) is 5.10 Å². The van der Waals surface area contributed by atoms with Gasteiger partial charge in [0.15, 0.2) is 0 Å². The summed E-state index contributed by atoms with van der Waals surface area (Å²) in [7, 11) is 1.82. The minimum atomic E-state index is -0.0196. The van der Waals surface area contributed by atoms with Gasteiger partial charge in [-0.05, 0) is 38.6 Å². The standard InChI is InChI=1S/C16H26N4O2/c1-19-10-13(9-17-19)16(21)18-14-5-4-7-20(11-14)12-15-6-2-3-8-22-15/h9-10,14-15H,2-8,11-12H2,1H3,(H,18,21). The summed E-state index contributed by atoms with van der Waals surface area (Å²) in [5, 5.41) is 7.19. The number of carbonyl (C=O) groups excluding carboxylic acids is 1. The van der Waals surface area contributed by atoms with E-state index >= 15 is 0 Å². The Labute approximate surface area is 131 Å². The Morgan fingerprint density at radius 2 is 2.32 bits per heavy atom. The zero-order valence-corrected chi connectivity index (χ0v) is 13.3. The van der Waals surface area contributed by atoms with Crippen molar-refractivity contribution < 1.29 is 9.53 Å². The van der Waals surface area contributed by atoms with Crippen LogP contribution >= 0.6 is 0 Å². The molecule has 0 aliphatic carbocycles. The molecule has 122 valence electrons. The molecule has 0 bridgehead atoms. The van der Waals surface area contributed by atoms with Crippen molar-refractivity contribution in [2.45, 2.75) is 44.2 Å². The van der Waals surface area contributed by atoms with Crippen molar-refractivity contribution in [2.24, 2.45) is 7.05 Å². The molecule has 1 amide bonds. The number of amides is 1. The number of hydrogen-bond acceptors (Lipinski definition) is 4. The molecule has 2 atom stereocenters. The summed E-state index contributed by atoms with van der Waals surface area (Å²) in [5.41, 5.74) is 0.634. The van der Waals surface area contributed by atoms with Gasteiger partial charge in [0.25, 0.3) is 5.91 Å². The molecule has 22 heavy (non-hydrogen) atoms. The van der Waals surface area contributed by atoms with Gasteiger partial charge in [-0.1, -0.05) is 0 Å². The maximum atomic E-state index is 12.2. The first-order valence-corrected chi connectivity index (χ1v) is 8.34. The molecule has 0 radical (unpaired) electrons. The lowest BCUT2D eigenvalue weighted by Gasteiger charge is -2.36. The van der Waals surface area contributed by atoms with E-state index in [4.69, 9.17) is 4.74 Å². The molecular formula is C16H26N4O2. The Morgan fingerprint density at radius 1 is 1.41 bits per heavy atom.